The number of benzene rings is 2. The van der Waals surface area contributed by atoms with Crippen molar-refractivity contribution in [3.05, 3.63) is 63.2 Å². The Morgan fingerprint density at radius 3 is 2.26 bits per heavy atom. The Labute approximate surface area is 149 Å². The highest BCUT2D eigenvalue weighted by molar-refractivity contribution is 14.1. The van der Waals surface area contributed by atoms with E-state index in [1.807, 2.05) is 36.4 Å². The molecule has 5 heteroatoms. The smallest absolute Gasteiger partial charge is 0.220 e. The van der Waals surface area contributed by atoms with E-state index in [0.29, 0.717) is 12.1 Å². The summed E-state index contributed by atoms with van der Waals surface area (Å²) in [5, 5.41) is 2.82. The fraction of sp³-hybridized carbons (Fsp3) is 0.222. The molecule has 1 N–H and O–H groups in total. The largest absolute Gasteiger partial charge is 0.497 e. The van der Waals surface area contributed by atoms with Crippen LogP contribution in [0.4, 0.5) is 0 Å². The van der Waals surface area contributed by atoms with Gasteiger partial charge in [-0.15, -0.1) is 0 Å². The zero-order valence-corrected chi connectivity index (χ0v) is 15.0. The number of methoxy groups -OCH3 is 1. The van der Waals surface area contributed by atoms with Gasteiger partial charge in [-0.05, 0) is 52.4 Å². The van der Waals surface area contributed by atoms with Crippen LogP contribution in [0.5, 0.6) is 5.75 Å². The molecule has 0 radical (unpaired) electrons. The molecule has 1 amide bonds. The van der Waals surface area contributed by atoms with Gasteiger partial charge in [0.05, 0.1) is 7.11 Å². The van der Waals surface area contributed by atoms with Gasteiger partial charge >= 0.3 is 0 Å². The van der Waals surface area contributed by atoms with Crippen LogP contribution in [0.3, 0.4) is 0 Å². The van der Waals surface area contributed by atoms with Crippen molar-refractivity contribution >= 4 is 34.3 Å². The highest BCUT2D eigenvalue weighted by Crippen LogP contribution is 2.12. The number of rotatable bonds is 7. The van der Waals surface area contributed by atoms with Crippen LogP contribution in [-0.4, -0.2) is 18.8 Å². The standard InChI is InChI=1S/C18H18INO3/c1-23-16-8-2-13(3-9-16)12-20-18(22)11-10-17(21)14-4-6-15(19)7-5-14/h2-9H,10-12H2,1H3,(H,20,22). The summed E-state index contributed by atoms with van der Waals surface area (Å²) in [6, 6.07) is 14.9. The second kappa shape index (κ2) is 8.67. The lowest BCUT2D eigenvalue weighted by molar-refractivity contribution is -0.121. The van der Waals surface area contributed by atoms with Crippen LogP contribution in [0, 0.1) is 3.57 Å². The molecule has 120 valence electrons. The first-order valence-corrected chi connectivity index (χ1v) is 8.35. The average molecular weight is 423 g/mol. The van der Waals surface area contributed by atoms with Gasteiger partial charge in [-0.1, -0.05) is 24.3 Å². The highest BCUT2D eigenvalue weighted by atomic mass is 127. The molecule has 0 fully saturated rings. The quantitative estimate of drug-likeness (QED) is 0.547. The molecule has 0 saturated heterocycles. The number of hydrogen-bond acceptors (Lipinski definition) is 3. The number of nitrogens with one attached hydrogen (secondary N) is 1. The first kappa shape index (κ1) is 17.5. The fourth-order valence-corrected chi connectivity index (χ4v) is 2.40. The van der Waals surface area contributed by atoms with Gasteiger partial charge in [-0.25, -0.2) is 0 Å². The second-order valence-electron chi connectivity index (χ2n) is 5.05. The van der Waals surface area contributed by atoms with Crippen LogP contribution < -0.4 is 10.1 Å². The van der Waals surface area contributed by atoms with E-state index >= 15 is 0 Å². The van der Waals surface area contributed by atoms with Crippen LogP contribution in [0.1, 0.15) is 28.8 Å². The number of Topliss-reactive ketones (excluding diaryl/α,β-unsaturated/α-hetero) is 1. The normalized spacial score (nSPS) is 10.2. The Bertz CT molecular complexity index is 666. The Morgan fingerprint density at radius 1 is 1.00 bits per heavy atom. The summed E-state index contributed by atoms with van der Waals surface area (Å²) in [7, 11) is 1.61. The zero-order chi connectivity index (χ0) is 16.7. The summed E-state index contributed by atoms with van der Waals surface area (Å²) in [5.41, 5.74) is 1.64. The molecule has 4 nitrogen and oxygen atoms in total. The molecule has 2 aromatic carbocycles. The van der Waals surface area contributed by atoms with Crippen molar-refractivity contribution in [1.82, 2.24) is 5.32 Å². The van der Waals surface area contributed by atoms with E-state index in [-0.39, 0.29) is 24.5 Å². The third-order valence-electron chi connectivity index (χ3n) is 3.39. The molecule has 0 unspecified atom stereocenters. The van der Waals surface area contributed by atoms with Crippen molar-refractivity contribution in [2.75, 3.05) is 7.11 Å². The molecule has 23 heavy (non-hydrogen) atoms. The Kier molecular flexibility index (Phi) is 6.58. The fourth-order valence-electron chi connectivity index (χ4n) is 2.04. The molecular formula is C18H18INO3. The van der Waals surface area contributed by atoms with Gasteiger partial charge < -0.3 is 10.1 Å². The summed E-state index contributed by atoms with van der Waals surface area (Å²) in [4.78, 5) is 23.8. The van der Waals surface area contributed by atoms with Crippen LogP contribution >= 0.6 is 22.6 Å². The minimum Gasteiger partial charge on any atom is -0.497 e. The number of hydrogen-bond donors (Lipinski definition) is 1. The van der Waals surface area contributed by atoms with Crippen LogP contribution in [-0.2, 0) is 11.3 Å². The van der Waals surface area contributed by atoms with E-state index in [0.717, 1.165) is 14.9 Å². The molecule has 0 aliphatic heterocycles. The van der Waals surface area contributed by atoms with Crippen LogP contribution in [0.15, 0.2) is 48.5 Å². The van der Waals surface area contributed by atoms with E-state index in [1.165, 1.54) is 0 Å². The zero-order valence-electron chi connectivity index (χ0n) is 12.8. The first-order valence-electron chi connectivity index (χ1n) is 7.27. The number of halogens is 1. The minimum atomic E-state index is -0.125. The lowest BCUT2D eigenvalue weighted by Gasteiger charge is -2.06. The topological polar surface area (TPSA) is 55.4 Å². The maximum atomic E-state index is 12.0. The number of carbonyl (C=O) groups excluding carboxylic acids is 2. The van der Waals surface area contributed by atoms with Gasteiger partial charge in [0.25, 0.3) is 0 Å². The predicted molar refractivity (Wildman–Crippen MR) is 97.6 cm³/mol. The van der Waals surface area contributed by atoms with Crippen molar-refractivity contribution in [2.24, 2.45) is 0 Å². The molecular weight excluding hydrogens is 405 g/mol. The van der Waals surface area contributed by atoms with Gasteiger partial charge in [0, 0.05) is 28.5 Å². The van der Waals surface area contributed by atoms with Crippen molar-refractivity contribution in [1.29, 1.82) is 0 Å². The lowest BCUT2D eigenvalue weighted by Crippen LogP contribution is -2.23. The first-order chi connectivity index (χ1) is 11.1. The monoisotopic (exact) mass is 423 g/mol. The summed E-state index contributed by atoms with van der Waals surface area (Å²) in [5.74, 6) is 0.642. The van der Waals surface area contributed by atoms with E-state index in [4.69, 9.17) is 4.74 Å². The predicted octanol–water partition coefficient (Wildman–Crippen LogP) is 3.58. The average Bonchev–Trinajstić information content (AvgIpc) is 2.59. The summed E-state index contributed by atoms with van der Waals surface area (Å²) < 4.78 is 6.16. The molecule has 0 bridgehead atoms. The van der Waals surface area contributed by atoms with Gasteiger partial charge in [0.2, 0.25) is 5.91 Å². The SMILES string of the molecule is COc1ccc(CNC(=O)CCC(=O)c2ccc(I)cc2)cc1. The Morgan fingerprint density at radius 2 is 1.65 bits per heavy atom. The third-order valence-corrected chi connectivity index (χ3v) is 4.11. The molecule has 0 spiro atoms. The maximum absolute atomic E-state index is 12.0. The van der Waals surface area contributed by atoms with Crippen LogP contribution in [0.25, 0.3) is 0 Å². The van der Waals surface area contributed by atoms with Crippen molar-refractivity contribution in [3.8, 4) is 5.75 Å². The second-order valence-corrected chi connectivity index (χ2v) is 6.30. The van der Waals surface area contributed by atoms with Gasteiger partial charge in [0.1, 0.15) is 5.75 Å². The van der Waals surface area contributed by atoms with Crippen molar-refractivity contribution in [3.63, 3.8) is 0 Å². The maximum Gasteiger partial charge on any atom is 0.220 e. The molecule has 0 aromatic heterocycles. The van der Waals surface area contributed by atoms with E-state index < -0.39 is 0 Å². The molecule has 0 heterocycles. The highest BCUT2D eigenvalue weighted by Gasteiger charge is 2.09. The lowest BCUT2D eigenvalue weighted by atomic mass is 10.1. The van der Waals surface area contributed by atoms with Gasteiger partial charge in [-0.3, -0.25) is 9.59 Å². The molecule has 2 rings (SSSR count). The Hall–Kier alpha value is -1.89. The number of amides is 1. The molecule has 0 aliphatic rings. The molecule has 0 atom stereocenters. The van der Waals surface area contributed by atoms with E-state index in [9.17, 15) is 9.59 Å². The minimum absolute atomic E-state index is 0.0130. The summed E-state index contributed by atoms with van der Waals surface area (Å²) in [6.45, 7) is 0.445. The van der Waals surface area contributed by atoms with Crippen molar-refractivity contribution < 1.29 is 14.3 Å². The number of carbonyl (C=O) groups is 2. The van der Waals surface area contributed by atoms with Gasteiger partial charge in [-0.2, -0.15) is 0 Å². The molecule has 2 aromatic rings. The van der Waals surface area contributed by atoms with E-state index in [2.05, 4.69) is 27.9 Å². The summed E-state index contributed by atoms with van der Waals surface area (Å²) in [6.07, 6.45) is 0.413. The summed E-state index contributed by atoms with van der Waals surface area (Å²) >= 11 is 2.19. The third kappa shape index (κ3) is 5.67. The molecule has 0 saturated carbocycles. The number of ketones is 1. The molecule has 0 aliphatic carbocycles. The van der Waals surface area contributed by atoms with Gasteiger partial charge in [0.15, 0.2) is 5.78 Å². The Balaban J connectivity index is 1.76. The number of ether oxygens (including phenoxy) is 1. The van der Waals surface area contributed by atoms with E-state index in [1.54, 1.807) is 19.2 Å². The van der Waals surface area contributed by atoms with Crippen molar-refractivity contribution in [2.45, 2.75) is 19.4 Å². The van der Waals surface area contributed by atoms with Crippen LogP contribution in [0.2, 0.25) is 0 Å².